The lowest BCUT2D eigenvalue weighted by Gasteiger charge is -2.16. The number of amides is 1. The summed E-state index contributed by atoms with van der Waals surface area (Å²) < 4.78 is 0. The number of halogens is 1. The molecule has 0 spiro atoms. The first kappa shape index (κ1) is 13.6. The topological polar surface area (TPSA) is 32.3 Å². The van der Waals surface area contributed by atoms with Crippen molar-refractivity contribution in [3.05, 3.63) is 35.9 Å². The predicted molar refractivity (Wildman–Crippen MR) is 76.6 cm³/mol. The van der Waals surface area contributed by atoms with Crippen molar-refractivity contribution in [3.63, 3.8) is 0 Å². The Kier molecular flexibility index (Phi) is 5.20. The summed E-state index contributed by atoms with van der Waals surface area (Å²) in [6.07, 6.45) is 0.698. The molecule has 0 aliphatic carbocycles. The Labute approximate surface area is 117 Å². The van der Waals surface area contributed by atoms with Crippen LogP contribution in [-0.4, -0.2) is 35.8 Å². The number of nitrogens with zero attached hydrogens (tertiary/aromatic N) is 1. The summed E-state index contributed by atoms with van der Waals surface area (Å²) in [5.74, 6) is 0.785. The second-order valence-electron chi connectivity index (χ2n) is 4.73. The van der Waals surface area contributed by atoms with Crippen molar-refractivity contribution in [2.75, 3.05) is 25.0 Å². The molecule has 3 nitrogen and oxygen atoms in total. The van der Waals surface area contributed by atoms with Gasteiger partial charge in [0, 0.05) is 37.9 Å². The molecule has 1 fully saturated rings. The first-order valence-corrected chi connectivity index (χ1v) is 7.50. The van der Waals surface area contributed by atoms with Crippen molar-refractivity contribution in [2.24, 2.45) is 5.92 Å². The average Bonchev–Trinajstić information content (AvgIpc) is 2.77. The Hall–Kier alpha value is -0.870. The van der Waals surface area contributed by atoms with Crippen molar-refractivity contribution in [3.8, 4) is 0 Å². The number of carbonyl (C=O) groups is 1. The summed E-state index contributed by atoms with van der Waals surface area (Å²) >= 11 is 3.45. The van der Waals surface area contributed by atoms with E-state index in [2.05, 4.69) is 33.4 Å². The maximum absolute atomic E-state index is 11.7. The molecule has 0 radical (unpaired) electrons. The Morgan fingerprint density at radius 3 is 2.78 bits per heavy atom. The third-order valence-corrected chi connectivity index (χ3v) is 4.16. The van der Waals surface area contributed by atoms with Crippen LogP contribution in [0.1, 0.15) is 12.0 Å². The molecule has 1 aliphatic heterocycles. The quantitative estimate of drug-likeness (QED) is 0.644. The van der Waals surface area contributed by atoms with E-state index >= 15 is 0 Å². The third-order valence-electron chi connectivity index (χ3n) is 3.24. The van der Waals surface area contributed by atoms with Crippen molar-refractivity contribution < 1.29 is 4.79 Å². The lowest BCUT2D eigenvalue weighted by atomic mass is 10.2. The molecule has 1 heterocycles. The zero-order valence-corrected chi connectivity index (χ0v) is 12.0. The van der Waals surface area contributed by atoms with Crippen LogP contribution >= 0.6 is 15.9 Å². The fourth-order valence-electron chi connectivity index (χ4n) is 2.22. The largest absolute Gasteiger partial charge is 0.341 e. The lowest BCUT2D eigenvalue weighted by molar-refractivity contribution is -0.127. The number of carbonyl (C=O) groups excluding carboxylic acids is 1. The highest BCUT2D eigenvalue weighted by Crippen LogP contribution is 2.18. The van der Waals surface area contributed by atoms with E-state index in [0.29, 0.717) is 18.2 Å². The van der Waals surface area contributed by atoms with Crippen molar-refractivity contribution in [1.82, 2.24) is 10.2 Å². The highest BCUT2D eigenvalue weighted by atomic mass is 79.9. The summed E-state index contributed by atoms with van der Waals surface area (Å²) in [5, 5.41) is 4.30. The molecule has 0 aromatic heterocycles. The Morgan fingerprint density at radius 1 is 1.33 bits per heavy atom. The van der Waals surface area contributed by atoms with E-state index in [9.17, 15) is 4.79 Å². The molecule has 1 amide bonds. The van der Waals surface area contributed by atoms with Crippen LogP contribution in [-0.2, 0) is 11.3 Å². The molecule has 0 bridgehead atoms. The van der Waals surface area contributed by atoms with Gasteiger partial charge >= 0.3 is 0 Å². The number of nitrogens with one attached hydrogen (secondary N) is 1. The average molecular weight is 311 g/mol. The Bertz CT molecular complexity index is 383. The smallest absolute Gasteiger partial charge is 0.222 e. The zero-order chi connectivity index (χ0) is 12.8. The van der Waals surface area contributed by atoms with Gasteiger partial charge in [0.05, 0.1) is 0 Å². The van der Waals surface area contributed by atoms with E-state index in [1.807, 2.05) is 23.1 Å². The molecule has 1 aliphatic rings. The SMILES string of the molecule is O=C1CC(CBr)CN1CCNCc1ccccc1. The van der Waals surface area contributed by atoms with Crippen molar-refractivity contribution in [1.29, 1.82) is 0 Å². The van der Waals surface area contributed by atoms with Gasteiger partial charge in [-0.15, -0.1) is 0 Å². The first-order chi connectivity index (χ1) is 8.79. The van der Waals surface area contributed by atoms with E-state index in [1.165, 1.54) is 5.56 Å². The number of hydrogen-bond donors (Lipinski definition) is 1. The monoisotopic (exact) mass is 310 g/mol. The molecule has 98 valence electrons. The van der Waals surface area contributed by atoms with E-state index in [-0.39, 0.29) is 0 Å². The maximum Gasteiger partial charge on any atom is 0.222 e. The van der Waals surface area contributed by atoms with Crippen molar-refractivity contribution >= 4 is 21.8 Å². The van der Waals surface area contributed by atoms with Gasteiger partial charge in [0.25, 0.3) is 0 Å². The number of benzene rings is 1. The molecule has 18 heavy (non-hydrogen) atoms. The lowest BCUT2D eigenvalue weighted by Crippen LogP contribution is -2.33. The van der Waals surface area contributed by atoms with Gasteiger partial charge in [0.2, 0.25) is 5.91 Å². The standard InChI is InChI=1S/C14H19BrN2O/c15-9-13-8-14(18)17(11-13)7-6-16-10-12-4-2-1-3-5-12/h1-5,13,16H,6-11H2. The second-order valence-corrected chi connectivity index (χ2v) is 5.37. The number of rotatable bonds is 6. The molecular weight excluding hydrogens is 292 g/mol. The molecule has 1 saturated heterocycles. The normalized spacial score (nSPS) is 19.5. The molecule has 0 saturated carbocycles. The van der Waals surface area contributed by atoms with Gasteiger partial charge < -0.3 is 10.2 Å². The minimum atomic E-state index is 0.293. The van der Waals surface area contributed by atoms with Crippen LogP contribution in [0.4, 0.5) is 0 Å². The van der Waals surface area contributed by atoms with Gasteiger partial charge in [-0.25, -0.2) is 0 Å². The second kappa shape index (κ2) is 6.90. The van der Waals surface area contributed by atoms with Crippen LogP contribution in [0.25, 0.3) is 0 Å². The van der Waals surface area contributed by atoms with E-state index in [1.54, 1.807) is 0 Å². The molecule has 1 aromatic carbocycles. The zero-order valence-electron chi connectivity index (χ0n) is 10.4. The predicted octanol–water partition coefficient (Wildman–Crippen LogP) is 2.02. The highest BCUT2D eigenvalue weighted by molar-refractivity contribution is 9.09. The molecule has 1 N–H and O–H groups in total. The molecule has 1 atom stereocenters. The van der Waals surface area contributed by atoms with Crippen LogP contribution in [0.2, 0.25) is 0 Å². The van der Waals surface area contributed by atoms with Gasteiger partial charge in [-0.05, 0) is 11.5 Å². The van der Waals surface area contributed by atoms with Gasteiger partial charge in [-0.1, -0.05) is 46.3 Å². The third kappa shape index (κ3) is 3.82. The minimum absolute atomic E-state index is 0.293. The van der Waals surface area contributed by atoms with Gasteiger partial charge in [-0.3, -0.25) is 4.79 Å². The highest BCUT2D eigenvalue weighted by Gasteiger charge is 2.27. The summed E-state index contributed by atoms with van der Waals surface area (Å²) in [4.78, 5) is 13.6. The van der Waals surface area contributed by atoms with E-state index < -0.39 is 0 Å². The van der Waals surface area contributed by atoms with Crippen molar-refractivity contribution in [2.45, 2.75) is 13.0 Å². The van der Waals surface area contributed by atoms with E-state index in [0.717, 1.165) is 31.5 Å². The molecule has 1 aromatic rings. The fourth-order valence-corrected chi connectivity index (χ4v) is 2.65. The maximum atomic E-state index is 11.7. The first-order valence-electron chi connectivity index (χ1n) is 6.38. The van der Waals surface area contributed by atoms with E-state index in [4.69, 9.17) is 0 Å². The number of likely N-dealkylation sites (tertiary alicyclic amines) is 1. The molecule has 2 rings (SSSR count). The fraction of sp³-hybridized carbons (Fsp3) is 0.500. The van der Waals surface area contributed by atoms with Gasteiger partial charge in [0.1, 0.15) is 0 Å². The summed E-state index contributed by atoms with van der Waals surface area (Å²) in [7, 11) is 0. The number of hydrogen-bond acceptors (Lipinski definition) is 2. The van der Waals surface area contributed by atoms with Crippen LogP contribution in [0.5, 0.6) is 0 Å². The number of alkyl halides is 1. The summed E-state index contributed by atoms with van der Waals surface area (Å²) in [6.45, 7) is 3.44. The van der Waals surface area contributed by atoms with Crippen LogP contribution < -0.4 is 5.32 Å². The van der Waals surface area contributed by atoms with Crippen LogP contribution in [0.3, 0.4) is 0 Å². The minimum Gasteiger partial charge on any atom is -0.341 e. The van der Waals surface area contributed by atoms with Gasteiger partial charge in [-0.2, -0.15) is 0 Å². The Morgan fingerprint density at radius 2 is 2.11 bits per heavy atom. The molecular formula is C14H19BrN2O. The summed E-state index contributed by atoms with van der Waals surface area (Å²) in [5.41, 5.74) is 1.28. The summed E-state index contributed by atoms with van der Waals surface area (Å²) in [6, 6.07) is 10.3. The molecule has 4 heteroatoms. The molecule has 1 unspecified atom stereocenters. The Balaban J connectivity index is 1.65. The van der Waals surface area contributed by atoms with Gasteiger partial charge in [0.15, 0.2) is 0 Å². The van der Waals surface area contributed by atoms with Crippen LogP contribution in [0, 0.1) is 5.92 Å². The van der Waals surface area contributed by atoms with Crippen LogP contribution in [0.15, 0.2) is 30.3 Å².